The van der Waals surface area contributed by atoms with Gasteiger partial charge < -0.3 is 4.90 Å². The Morgan fingerprint density at radius 2 is 1.86 bits per heavy atom. The van der Waals surface area contributed by atoms with Gasteiger partial charge in [-0.05, 0) is 62.8 Å². The minimum atomic E-state index is -0.149. The molecule has 5 rings (SSSR count). The van der Waals surface area contributed by atoms with Gasteiger partial charge in [0.1, 0.15) is 0 Å². The van der Waals surface area contributed by atoms with Crippen molar-refractivity contribution in [2.24, 2.45) is 0 Å². The van der Waals surface area contributed by atoms with E-state index in [1.807, 2.05) is 0 Å². The summed E-state index contributed by atoms with van der Waals surface area (Å²) in [7, 11) is 0. The van der Waals surface area contributed by atoms with E-state index >= 15 is 0 Å². The van der Waals surface area contributed by atoms with E-state index in [2.05, 4.69) is 22.0 Å². The highest BCUT2D eigenvalue weighted by Crippen LogP contribution is 2.38. The van der Waals surface area contributed by atoms with Crippen molar-refractivity contribution in [2.45, 2.75) is 63.7 Å². The van der Waals surface area contributed by atoms with Crippen molar-refractivity contribution in [3.8, 4) is 0 Å². The number of carbonyl (C=O) groups excluding carboxylic acids is 1. The zero-order valence-electron chi connectivity index (χ0n) is 16.2. The number of nitrogens with one attached hydrogen (secondary N) is 1. The monoisotopic (exact) mass is 378 g/mol. The molecular weight excluding hydrogens is 352 g/mol. The molecule has 1 atom stereocenters. The number of hydrogen-bond acceptors (Lipinski definition) is 5. The SMILES string of the molecule is O=C1CCCc2nc3nc(N4CCCCC4)[nH]c(=O)c3c(C3CC=CCC3)c21. The Labute approximate surface area is 164 Å². The number of aromatic amines is 1. The highest BCUT2D eigenvalue weighted by atomic mass is 16.1. The lowest BCUT2D eigenvalue weighted by Gasteiger charge is -2.28. The highest BCUT2D eigenvalue weighted by Gasteiger charge is 2.30. The average molecular weight is 378 g/mol. The number of Topliss-reactive ketones (excluding diaryl/α,β-unsaturated/α-hetero) is 1. The molecule has 6 heteroatoms. The van der Waals surface area contributed by atoms with Crippen LogP contribution in [-0.2, 0) is 6.42 Å². The van der Waals surface area contributed by atoms with Crippen LogP contribution in [0.5, 0.6) is 0 Å². The molecule has 1 N–H and O–H groups in total. The summed E-state index contributed by atoms with van der Waals surface area (Å²) in [5, 5.41) is 0.537. The summed E-state index contributed by atoms with van der Waals surface area (Å²) >= 11 is 0. The predicted octanol–water partition coefficient (Wildman–Crippen LogP) is 3.65. The molecular formula is C22H26N4O2. The Hall–Kier alpha value is -2.50. The van der Waals surface area contributed by atoms with E-state index in [1.54, 1.807) is 0 Å². The van der Waals surface area contributed by atoms with Gasteiger partial charge in [0.25, 0.3) is 5.56 Å². The maximum Gasteiger partial charge on any atom is 0.262 e. The Bertz CT molecular complexity index is 1020. The molecule has 6 nitrogen and oxygen atoms in total. The van der Waals surface area contributed by atoms with Crippen molar-refractivity contribution in [3.05, 3.63) is 39.3 Å². The number of carbonyl (C=O) groups is 1. The van der Waals surface area contributed by atoms with Gasteiger partial charge in [-0.25, -0.2) is 4.98 Å². The van der Waals surface area contributed by atoms with Crippen molar-refractivity contribution < 1.29 is 4.79 Å². The molecule has 28 heavy (non-hydrogen) atoms. The van der Waals surface area contributed by atoms with E-state index < -0.39 is 0 Å². The fourth-order valence-corrected chi connectivity index (χ4v) is 4.99. The van der Waals surface area contributed by atoms with Gasteiger partial charge in [-0.15, -0.1) is 0 Å². The molecule has 3 aliphatic rings. The maximum atomic E-state index is 13.2. The summed E-state index contributed by atoms with van der Waals surface area (Å²) in [6, 6.07) is 0. The van der Waals surface area contributed by atoms with Crippen LogP contribution >= 0.6 is 0 Å². The number of anilines is 1. The van der Waals surface area contributed by atoms with E-state index in [1.165, 1.54) is 6.42 Å². The van der Waals surface area contributed by atoms with Crippen molar-refractivity contribution in [1.29, 1.82) is 0 Å². The molecule has 2 aromatic rings. The first-order chi connectivity index (χ1) is 13.7. The highest BCUT2D eigenvalue weighted by molar-refractivity contribution is 6.03. The lowest BCUT2D eigenvalue weighted by molar-refractivity contribution is 0.0970. The largest absolute Gasteiger partial charge is 0.342 e. The molecule has 2 aliphatic carbocycles. The van der Waals surface area contributed by atoms with Crippen LogP contribution in [0.3, 0.4) is 0 Å². The number of pyridine rings is 1. The summed E-state index contributed by atoms with van der Waals surface area (Å²) in [4.78, 5) is 40.7. The van der Waals surface area contributed by atoms with Crippen molar-refractivity contribution >= 4 is 22.8 Å². The Morgan fingerprint density at radius 3 is 2.64 bits per heavy atom. The molecule has 0 aromatic carbocycles. The summed E-state index contributed by atoms with van der Waals surface area (Å²) in [6.07, 6.45) is 12.8. The third-order valence-corrected chi connectivity index (χ3v) is 6.39. The zero-order valence-corrected chi connectivity index (χ0v) is 16.2. The minimum Gasteiger partial charge on any atom is -0.342 e. The second-order valence-corrected chi connectivity index (χ2v) is 8.24. The minimum absolute atomic E-state index is 0.139. The van der Waals surface area contributed by atoms with E-state index in [-0.39, 0.29) is 17.3 Å². The van der Waals surface area contributed by atoms with Crippen LogP contribution in [0.2, 0.25) is 0 Å². The Kier molecular flexibility index (Phi) is 4.49. The van der Waals surface area contributed by atoms with Gasteiger partial charge in [0.05, 0.1) is 11.1 Å². The second-order valence-electron chi connectivity index (χ2n) is 8.24. The number of hydrogen-bond donors (Lipinski definition) is 1. The van der Waals surface area contributed by atoms with Crippen LogP contribution in [0.4, 0.5) is 5.95 Å². The van der Waals surface area contributed by atoms with Crippen LogP contribution in [0.15, 0.2) is 16.9 Å². The van der Waals surface area contributed by atoms with Crippen LogP contribution in [0.1, 0.15) is 78.9 Å². The topological polar surface area (TPSA) is 79.0 Å². The third kappa shape index (κ3) is 2.95. The van der Waals surface area contributed by atoms with Gasteiger partial charge in [-0.3, -0.25) is 14.6 Å². The molecule has 0 amide bonds. The lowest BCUT2D eigenvalue weighted by atomic mass is 9.79. The molecule has 0 bridgehead atoms. The van der Waals surface area contributed by atoms with Gasteiger partial charge in [0.15, 0.2) is 11.4 Å². The van der Waals surface area contributed by atoms with Gasteiger partial charge in [0, 0.05) is 25.1 Å². The standard InChI is InChI=1S/C22H26N4O2/c27-16-11-7-10-15-18(16)17(14-8-3-1-4-9-14)19-20(23-15)24-22(25-21(19)28)26-12-5-2-6-13-26/h1,3,14H,2,4-13H2,(H,23,24,25,28). The number of fused-ring (bicyclic) bond motifs is 2. The Balaban J connectivity index is 1.74. The van der Waals surface area contributed by atoms with E-state index in [0.717, 1.165) is 74.9 Å². The van der Waals surface area contributed by atoms with Gasteiger partial charge in [-0.2, -0.15) is 4.98 Å². The first-order valence-corrected chi connectivity index (χ1v) is 10.6. The van der Waals surface area contributed by atoms with Crippen LogP contribution in [0.25, 0.3) is 11.0 Å². The zero-order chi connectivity index (χ0) is 19.1. The fraction of sp³-hybridized carbons (Fsp3) is 0.545. The second kappa shape index (κ2) is 7.15. The smallest absolute Gasteiger partial charge is 0.262 e. The molecule has 0 radical (unpaired) electrons. The molecule has 3 heterocycles. The summed E-state index contributed by atoms with van der Waals surface area (Å²) in [5.41, 5.74) is 2.84. The number of allylic oxidation sites excluding steroid dienone is 2. The number of nitrogens with zero attached hydrogens (tertiary/aromatic N) is 3. The van der Waals surface area contributed by atoms with Crippen LogP contribution < -0.4 is 10.5 Å². The van der Waals surface area contributed by atoms with E-state index in [0.29, 0.717) is 23.4 Å². The number of aromatic nitrogens is 3. The first kappa shape index (κ1) is 17.6. The van der Waals surface area contributed by atoms with Crippen molar-refractivity contribution in [1.82, 2.24) is 15.0 Å². The molecule has 146 valence electrons. The van der Waals surface area contributed by atoms with Crippen LogP contribution in [-0.4, -0.2) is 33.8 Å². The molecule has 1 unspecified atom stereocenters. The molecule has 1 saturated heterocycles. The van der Waals surface area contributed by atoms with Gasteiger partial charge in [-0.1, -0.05) is 12.2 Å². The van der Waals surface area contributed by atoms with Gasteiger partial charge in [0.2, 0.25) is 5.95 Å². The number of rotatable bonds is 2. The summed E-state index contributed by atoms with van der Waals surface area (Å²) in [6.45, 7) is 1.83. The summed E-state index contributed by atoms with van der Waals surface area (Å²) in [5.74, 6) is 0.955. The predicted molar refractivity (Wildman–Crippen MR) is 109 cm³/mol. The molecule has 0 spiro atoms. The third-order valence-electron chi connectivity index (χ3n) is 6.39. The molecule has 2 aromatic heterocycles. The molecule has 1 fully saturated rings. The van der Waals surface area contributed by atoms with E-state index in [9.17, 15) is 9.59 Å². The summed E-state index contributed by atoms with van der Waals surface area (Å²) < 4.78 is 0. The number of piperidine rings is 1. The lowest BCUT2D eigenvalue weighted by Crippen LogP contribution is -2.33. The molecule has 0 saturated carbocycles. The quantitative estimate of drug-likeness (QED) is 0.807. The van der Waals surface area contributed by atoms with E-state index in [4.69, 9.17) is 9.97 Å². The first-order valence-electron chi connectivity index (χ1n) is 10.6. The number of H-pyrrole nitrogens is 1. The number of aryl methyl sites for hydroxylation is 1. The normalized spacial score (nSPS) is 22.5. The Morgan fingerprint density at radius 1 is 1.00 bits per heavy atom. The molecule has 1 aliphatic heterocycles. The average Bonchev–Trinajstić information content (AvgIpc) is 2.73. The van der Waals surface area contributed by atoms with Crippen molar-refractivity contribution in [3.63, 3.8) is 0 Å². The van der Waals surface area contributed by atoms with Gasteiger partial charge >= 0.3 is 0 Å². The van der Waals surface area contributed by atoms with Crippen molar-refractivity contribution in [2.75, 3.05) is 18.0 Å². The number of ketones is 1. The van der Waals surface area contributed by atoms with Crippen LogP contribution in [0, 0.1) is 0 Å². The maximum absolute atomic E-state index is 13.2. The fourth-order valence-electron chi connectivity index (χ4n) is 4.99.